The Morgan fingerprint density at radius 3 is 2.17 bits per heavy atom. The number of nitrogens with one attached hydrogen (secondary N) is 2. The van der Waals surface area contributed by atoms with Gasteiger partial charge in [0.05, 0.1) is 6.10 Å². The fourth-order valence-corrected chi connectivity index (χ4v) is 3.25. The number of likely N-dealkylation sites (tertiary alicyclic amines) is 1. The average Bonchev–Trinajstić information content (AvgIpc) is 2.53. The normalized spacial score (nSPS) is 22.6. The van der Waals surface area contributed by atoms with Gasteiger partial charge in [0.25, 0.3) is 11.8 Å². The van der Waals surface area contributed by atoms with Gasteiger partial charge in [-0.2, -0.15) is 0 Å². The molecule has 2 fully saturated rings. The molecule has 0 aliphatic carbocycles. The molecule has 2 aliphatic heterocycles. The number of rotatable bonds is 3. The van der Waals surface area contributed by atoms with Gasteiger partial charge in [-0.1, -0.05) is 30.3 Å². The summed E-state index contributed by atoms with van der Waals surface area (Å²) in [6.07, 6.45) is 0.738. The van der Waals surface area contributed by atoms with E-state index in [9.17, 15) is 19.5 Å². The smallest absolute Gasteiger partial charge is 0.328 e. The number of piperidine rings is 1. The second kappa shape index (κ2) is 6.10. The summed E-state index contributed by atoms with van der Waals surface area (Å²) < 4.78 is 0. The molecule has 3 rings (SSSR count). The van der Waals surface area contributed by atoms with Gasteiger partial charge in [0.2, 0.25) is 0 Å². The van der Waals surface area contributed by atoms with Crippen molar-refractivity contribution in [2.24, 2.45) is 0 Å². The zero-order valence-corrected chi connectivity index (χ0v) is 12.6. The van der Waals surface area contributed by atoms with Crippen LogP contribution in [0.2, 0.25) is 0 Å². The summed E-state index contributed by atoms with van der Waals surface area (Å²) in [5.74, 6) is -1.21. The van der Waals surface area contributed by atoms with Crippen molar-refractivity contribution in [3.63, 3.8) is 0 Å². The van der Waals surface area contributed by atoms with Crippen molar-refractivity contribution in [2.45, 2.75) is 30.9 Å². The number of carbonyl (C=O) groups excluding carboxylic acids is 3. The molecule has 0 saturated carbocycles. The maximum Gasteiger partial charge on any atom is 0.328 e. The maximum absolute atomic E-state index is 12.6. The van der Waals surface area contributed by atoms with E-state index < -0.39 is 29.5 Å². The summed E-state index contributed by atoms with van der Waals surface area (Å²) in [5.41, 5.74) is -0.631. The molecule has 0 atom stereocenters. The molecule has 7 heteroatoms. The molecule has 122 valence electrons. The minimum Gasteiger partial charge on any atom is -0.393 e. The molecule has 0 aromatic heterocycles. The van der Waals surface area contributed by atoms with Gasteiger partial charge in [0, 0.05) is 19.5 Å². The molecule has 3 N–H and O–H groups in total. The standard InChI is InChI=1S/C16H19N3O4/c20-12-6-8-19(9-7-12)16(10-11-4-2-1-3-5-11)13(21)17-15(23)18-14(16)22/h1-5,12,20H,6-10H2,(H2,17,18,21,22,23). The number of benzene rings is 1. The third-order valence-corrected chi connectivity index (χ3v) is 4.51. The Balaban J connectivity index is 1.97. The van der Waals surface area contributed by atoms with Gasteiger partial charge in [0.1, 0.15) is 0 Å². The van der Waals surface area contributed by atoms with Gasteiger partial charge in [-0.25, -0.2) is 4.79 Å². The SMILES string of the molecule is O=C1NC(=O)C(Cc2ccccc2)(N2CCC(O)CC2)C(=O)N1. The lowest BCUT2D eigenvalue weighted by atomic mass is 9.84. The molecule has 7 nitrogen and oxygen atoms in total. The van der Waals surface area contributed by atoms with Crippen LogP contribution in [0.4, 0.5) is 4.79 Å². The van der Waals surface area contributed by atoms with E-state index in [1.807, 2.05) is 30.3 Å². The van der Waals surface area contributed by atoms with Crippen molar-refractivity contribution in [2.75, 3.05) is 13.1 Å². The molecule has 0 spiro atoms. The predicted octanol–water partition coefficient (Wildman–Crippen LogP) is -0.209. The Bertz CT molecular complexity index is 603. The zero-order chi connectivity index (χ0) is 16.4. The Morgan fingerprint density at radius 1 is 1.04 bits per heavy atom. The number of hydrogen-bond acceptors (Lipinski definition) is 5. The van der Waals surface area contributed by atoms with Crippen molar-refractivity contribution in [3.8, 4) is 0 Å². The largest absolute Gasteiger partial charge is 0.393 e. The van der Waals surface area contributed by atoms with Crippen molar-refractivity contribution >= 4 is 17.8 Å². The van der Waals surface area contributed by atoms with Crippen LogP contribution in [0.25, 0.3) is 0 Å². The number of nitrogens with zero attached hydrogens (tertiary/aromatic N) is 1. The van der Waals surface area contributed by atoms with Gasteiger partial charge in [-0.05, 0) is 18.4 Å². The molecule has 2 heterocycles. The highest BCUT2D eigenvalue weighted by Gasteiger charge is 2.54. The summed E-state index contributed by atoms with van der Waals surface area (Å²) in [4.78, 5) is 38.5. The highest BCUT2D eigenvalue weighted by atomic mass is 16.3. The van der Waals surface area contributed by atoms with E-state index in [0.29, 0.717) is 25.9 Å². The fourth-order valence-electron chi connectivity index (χ4n) is 3.25. The minimum atomic E-state index is -1.46. The summed E-state index contributed by atoms with van der Waals surface area (Å²) in [6.45, 7) is 0.839. The zero-order valence-electron chi connectivity index (χ0n) is 12.6. The van der Waals surface area contributed by atoms with E-state index in [0.717, 1.165) is 5.56 Å². The quantitative estimate of drug-likeness (QED) is 0.670. The van der Waals surface area contributed by atoms with Crippen LogP contribution in [0.1, 0.15) is 18.4 Å². The van der Waals surface area contributed by atoms with Crippen LogP contribution in [0.15, 0.2) is 30.3 Å². The van der Waals surface area contributed by atoms with Crippen molar-refractivity contribution in [1.29, 1.82) is 0 Å². The van der Waals surface area contributed by atoms with Gasteiger partial charge >= 0.3 is 6.03 Å². The Morgan fingerprint density at radius 2 is 1.61 bits per heavy atom. The highest BCUT2D eigenvalue weighted by Crippen LogP contribution is 2.28. The summed E-state index contributed by atoms with van der Waals surface area (Å²) in [5, 5.41) is 14.1. The van der Waals surface area contributed by atoms with Crippen LogP contribution in [-0.4, -0.2) is 52.6 Å². The number of carbonyl (C=O) groups is 3. The Kier molecular flexibility index (Phi) is 4.14. The molecule has 23 heavy (non-hydrogen) atoms. The predicted molar refractivity (Wildman–Crippen MR) is 81.4 cm³/mol. The van der Waals surface area contributed by atoms with Crippen LogP contribution in [-0.2, 0) is 16.0 Å². The second-order valence-electron chi connectivity index (χ2n) is 5.98. The van der Waals surface area contributed by atoms with Crippen LogP contribution < -0.4 is 10.6 Å². The first kappa shape index (κ1) is 15.6. The second-order valence-corrected chi connectivity index (χ2v) is 5.98. The molecule has 2 saturated heterocycles. The third-order valence-electron chi connectivity index (χ3n) is 4.51. The number of aliphatic hydroxyl groups excluding tert-OH is 1. The van der Waals surface area contributed by atoms with Crippen LogP contribution >= 0.6 is 0 Å². The molecule has 1 aromatic carbocycles. The van der Waals surface area contributed by atoms with Crippen molar-refractivity contribution in [1.82, 2.24) is 15.5 Å². The van der Waals surface area contributed by atoms with Gasteiger partial charge in [-0.3, -0.25) is 25.1 Å². The van der Waals surface area contributed by atoms with Crippen LogP contribution in [0.5, 0.6) is 0 Å². The first-order chi connectivity index (χ1) is 11.0. The molecular weight excluding hydrogens is 298 g/mol. The molecule has 0 unspecified atom stereocenters. The van der Waals surface area contributed by atoms with E-state index in [-0.39, 0.29) is 6.42 Å². The average molecular weight is 317 g/mol. The number of barbiturate groups is 1. The number of imide groups is 2. The van der Waals surface area contributed by atoms with E-state index >= 15 is 0 Å². The first-order valence-corrected chi connectivity index (χ1v) is 7.66. The topological polar surface area (TPSA) is 98.7 Å². The summed E-state index contributed by atoms with van der Waals surface area (Å²) >= 11 is 0. The van der Waals surface area contributed by atoms with Gasteiger partial charge < -0.3 is 5.11 Å². The maximum atomic E-state index is 12.6. The number of hydrogen-bond donors (Lipinski definition) is 3. The van der Waals surface area contributed by atoms with Gasteiger partial charge in [-0.15, -0.1) is 0 Å². The van der Waals surface area contributed by atoms with Crippen molar-refractivity contribution < 1.29 is 19.5 Å². The van der Waals surface area contributed by atoms with E-state index in [2.05, 4.69) is 10.6 Å². The summed E-state index contributed by atoms with van der Waals surface area (Å²) in [6, 6.07) is 8.44. The summed E-state index contributed by atoms with van der Waals surface area (Å²) in [7, 11) is 0. The van der Waals surface area contributed by atoms with E-state index in [4.69, 9.17) is 0 Å². The third kappa shape index (κ3) is 2.85. The van der Waals surface area contributed by atoms with Crippen LogP contribution in [0, 0.1) is 0 Å². The minimum absolute atomic E-state index is 0.175. The Hall–Kier alpha value is -2.25. The molecule has 1 aromatic rings. The number of amides is 4. The number of urea groups is 1. The highest BCUT2D eigenvalue weighted by molar-refractivity contribution is 6.22. The molecule has 0 radical (unpaired) electrons. The Labute approximate surface area is 133 Å². The van der Waals surface area contributed by atoms with Crippen molar-refractivity contribution in [3.05, 3.63) is 35.9 Å². The van der Waals surface area contributed by atoms with Gasteiger partial charge in [0.15, 0.2) is 5.54 Å². The molecule has 0 bridgehead atoms. The molecule has 4 amide bonds. The first-order valence-electron chi connectivity index (χ1n) is 7.66. The molecule has 2 aliphatic rings. The van der Waals surface area contributed by atoms with Crippen LogP contribution in [0.3, 0.4) is 0 Å². The monoisotopic (exact) mass is 317 g/mol. The fraction of sp³-hybridized carbons (Fsp3) is 0.438. The molecular formula is C16H19N3O4. The van der Waals surface area contributed by atoms with E-state index in [1.165, 1.54) is 0 Å². The number of aliphatic hydroxyl groups is 1. The van der Waals surface area contributed by atoms with E-state index in [1.54, 1.807) is 4.90 Å². The lowest BCUT2D eigenvalue weighted by Crippen LogP contribution is -2.74. The lowest BCUT2D eigenvalue weighted by Gasteiger charge is -2.45. The lowest BCUT2D eigenvalue weighted by molar-refractivity contribution is -0.149.